The van der Waals surface area contributed by atoms with Crippen molar-refractivity contribution < 1.29 is 17.9 Å². The highest BCUT2D eigenvalue weighted by Gasteiger charge is 2.11. The zero-order valence-electron chi connectivity index (χ0n) is 16.5. The van der Waals surface area contributed by atoms with E-state index in [0.717, 1.165) is 17.5 Å². The Labute approximate surface area is 169 Å². The summed E-state index contributed by atoms with van der Waals surface area (Å²) in [4.78, 5) is 0. The number of aryl methyl sites for hydroxylation is 1. The van der Waals surface area contributed by atoms with Gasteiger partial charge in [0.05, 0.1) is 6.61 Å². The molecule has 3 aromatic rings. The van der Waals surface area contributed by atoms with Gasteiger partial charge in [-0.15, -0.1) is 0 Å². The van der Waals surface area contributed by atoms with Gasteiger partial charge in [-0.05, 0) is 42.2 Å². The van der Waals surface area contributed by atoms with Crippen LogP contribution in [0.3, 0.4) is 0 Å². The first-order chi connectivity index (χ1) is 14.0. The van der Waals surface area contributed by atoms with Crippen LogP contribution in [0.1, 0.15) is 37.0 Å². The molecule has 4 heteroatoms. The van der Waals surface area contributed by atoms with Gasteiger partial charge in [-0.3, -0.25) is 0 Å². The Morgan fingerprint density at radius 1 is 0.828 bits per heavy atom. The van der Waals surface area contributed by atoms with Crippen LogP contribution in [0.4, 0.5) is 13.2 Å². The molecule has 0 heterocycles. The van der Waals surface area contributed by atoms with Crippen molar-refractivity contribution in [1.29, 1.82) is 0 Å². The zero-order valence-corrected chi connectivity index (χ0v) is 16.5. The maximum absolute atomic E-state index is 14.3. The molecule has 0 aliphatic heterocycles. The van der Waals surface area contributed by atoms with Crippen molar-refractivity contribution in [3.8, 4) is 16.9 Å². The predicted octanol–water partition coefficient (Wildman–Crippen LogP) is 7.29. The van der Waals surface area contributed by atoms with Crippen molar-refractivity contribution in [2.24, 2.45) is 0 Å². The summed E-state index contributed by atoms with van der Waals surface area (Å²) in [6.07, 6.45) is 4.51. The Kier molecular flexibility index (Phi) is 6.76. The second kappa shape index (κ2) is 9.46. The van der Waals surface area contributed by atoms with Crippen LogP contribution in [0, 0.1) is 17.5 Å². The molecule has 0 unspecified atom stereocenters. The lowest BCUT2D eigenvalue weighted by molar-refractivity contribution is 0.338. The van der Waals surface area contributed by atoms with Crippen LogP contribution in [0.25, 0.3) is 23.3 Å². The van der Waals surface area contributed by atoms with E-state index in [0.29, 0.717) is 29.9 Å². The standard InChI is InChI=1S/C25H23F3O/c1-3-5-19-12-13-20(25(28)24(19)27)11-8-17-6-9-18(10-7-17)22-15-14-21(29-4-2)16-23(22)26/h6-16H,3-5H2,1-2H3. The molecule has 1 nitrogen and oxygen atoms in total. The van der Waals surface area contributed by atoms with E-state index in [4.69, 9.17) is 4.74 Å². The minimum Gasteiger partial charge on any atom is -0.494 e. The van der Waals surface area contributed by atoms with Crippen molar-refractivity contribution in [3.05, 3.63) is 88.7 Å². The summed E-state index contributed by atoms with van der Waals surface area (Å²) >= 11 is 0. The number of hydrogen-bond acceptors (Lipinski definition) is 1. The van der Waals surface area contributed by atoms with Gasteiger partial charge in [-0.1, -0.05) is 61.9 Å². The van der Waals surface area contributed by atoms with Crippen LogP contribution in [0.15, 0.2) is 54.6 Å². The number of benzene rings is 3. The molecule has 0 amide bonds. The van der Waals surface area contributed by atoms with Crippen molar-refractivity contribution in [2.75, 3.05) is 6.61 Å². The second-order valence-electron chi connectivity index (χ2n) is 6.72. The first kappa shape index (κ1) is 20.7. The monoisotopic (exact) mass is 396 g/mol. The Balaban J connectivity index is 1.78. The largest absolute Gasteiger partial charge is 0.494 e. The molecule has 0 atom stereocenters. The van der Waals surface area contributed by atoms with E-state index in [1.165, 1.54) is 6.07 Å². The number of halogens is 3. The Hall–Kier alpha value is -3.01. The third kappa shape index (κ3) is 4.89. The molecule has 0 saturated carbocycles. The third-order valence-electron chi connectivity index (χ3n) is 4.64. The molecule has 0 N–H and O–H groups in total. The highest BCUT2D eigenvalue weighted by Crippen LogP contribution is 2.27. The highest BCUT2D eigenvalue weighted by molar-refractivity contribution is 5.72. The molecule has 0 saturated heterocycles. The van der Waals surface area contributed by atoms with Gasteiger partial charge in [0, 0.05) is 17.2 Å². The summed E-state index contributed by atoms with van der Waals surface area (Å²) in [5.74, 6) is -1.48. The average molecular weight is 396 g/mol. The lowest BCUT2D eigenvalue weighted by atomic mass is 10.0. The summed E-state index contributed by atoms with van der Waals surface area (Å²) in [5.41, 5.74) is 2.60. The van der Waals surface area contributed by atoms with E-state index in [-0.39, 0.29) is 11.4 Å². The molecule has 0 aliphatic carbocycles. The smallest absolute Gasteiger partial charge is 0.166 e. The maximum Gasteiger partial charge on any atom is 0.166 e. The first-order valence-electron chi connectivity index (χ1n) is 9.71. The molecule has 0 bridgehead atoms. The predicted molar refractivity (Wildman–Crippen MR) is 112 cm³/mol. The minimum absolute atomic E-state index is 0.198. The number of rotatable bonds is 7. The molecule has 0 spiro atoms. The van der Waals surface area contributed by atoms with E-state index in [9.17, 15) is 13.2 Å². The van der Waals surface area contributed by atoms with Crippen LogP contribution in [-0.4, -0.2) is 6.61 Å². The van der Waals surface area contributed by atoms with E-state index in [1.54, 1.807) is 60.7 Å². The molecule has 0 fully saturated rings. The third-order valence-corrected chi connectivity index (χ3v) is 4.64. The van der Waals surface area contributed by atoms with E-state index >= 15 is 0 Å². The molecule has 0 aliphatic rings. The van der Waals surface area contributed by atoms with Crippen LogP contribution in [0.5, 0.6) is 5.75 Å². The molecular weight excluding hydrogens is 373 g/mol. The fourth-order valence-electron chi connectivity index (χ4n) is 3.14. The van der Waals surface area contributed by atoms with Crippen LogP contribution < -0.4 is 4.74 Å². The summed E-state index contributed by atoms with van der Waals surface area (Å²) < 4.78 is 47.9. The highest BCUT2D eigenvalue weighted by atomic mass is 19.2. The van der Waals surface area contributed by atoms with Crippen LogP contribution in [-0.2, 0) is 6.42 Å². The van der Waals surface area contributed by atoms with Crippen molar-refractivity contribution in [1.82, 2.24) is 0 Å². The molecule has 29 heavy (non-hydrogen) atoms. The van der Waals surface area contributed by atoms with Gasteiger partial charge in [-0.2, -0.15) is 0 Å². The number of hydrogen-bond donors (Lipinski definition) is 0. The van der Waals surface area contributed by atoms with Crippen molar-refractivity contribution >= 4 is 12.2 Å². The fourth-order valence-corrected chi connectivity index (χ4v) is 3.14. The molecule has 150 valence electrons. The molecule has 0 aromatic heterocycles. The topological polar surface area (TPSA) is 9.23 Å². The summed E-state index contributed by atoms with van der Waals surface area (Å²) in [6.45, 7) is 4.25. The van der Waals surface area contributed by atoms with E-state index in [1.807, 2.05) is 13.8 Å². The second-order valence-corrected chi connectivity index (χ2v) is 6.72. The van der Waals surface area contributed by atoms with Crippen molar-refractivity contribution in [3.63, 3.8) is 0 Å². The zero-order chi connectivity index (χ0) is 20.8. The van der Waals surface area contributed by atoms with Gasteiger partial charge in [-0.25, -0.2) is 13.2 Å². The fraction of sp³-hybridized carbons (Fsp3) is 0.200. The molecule has 3 rings (SSSR count). The van der Waals surface area contributed by atoms with Crippen molar-refractivity contribution in [2.45, 2.75) is 26.7 Å². The Morgan fingerprint density at radius 2 is 1.59 bits per heavy atom. The quantitative estimate of drug-likeness (QED) is 0.381. The van der Waals surface area contributed by atoms with E-state index < -0.39 is 11.6 Å². The molecule has 0 radical (unpaired) electrons. The molecule has 3 aromatic carbocycles. The Morgan fingerprint density at radius 3 is 2.24 bits per heavy atom. The summed E-state index contributed by atoms with van der Waals surface area (Å²) in [5, 5.41) is 0. The van der Waals surface area contributed by atoms with Gasteiger partial charge < -0.3 is 4.74 Å². The van der Waals surface area contributed by atoms with Gasteiger partial charge in [0.1, 0.15) is 11.6 Å². The summed E-state index contributed by atoms with van der Waals surface area (Å²) in [6, 6.07) is 15.2. The lowest BCUT2D eigenvalue weighted by Crippen LogP contribution is -1.96. The van der Waals surface area contributed by atoms with Crippen LogP contribution >= 0.6 is 0 Å². The minimum atomic E-state index is -0.833. The summed E-state index contributed by atoms with van der Waals surface area (Å²) in [7, 11) is 0. The van der Waals surface area contributed by atoms with Gasteiger partial charge >= 0.3 is 0 Å². The molecular formula is C25H23F3O. The number of ether oxygens (including phenoxy) is 1. The SMILES string of the molecule is CCCc1ccc(C=Cc2ccc(-c3ccc(OCC)cc3F)cc2)c(F)c1F. The Bertz CT molecular complexity index is 1010. The lowest BCUT2D eigenvalue weighted by Gasteiger charge is -2.08. The normalized spacial score (nSPS) is 11.2. The average Bonchev–Trinajstić information content (AvgIpc) is 2.72. The first-order valence-corrected chi connectivity index (χ1v) is 9.71. The van der Waals surface area contributed by atoms with Crippen LogP contribution in [0.2, 0.25) is 0 Å². The van der Waals surface area contributed by atoms with Gasteiger partial charge in [0.25, 0.3) is 0 Å². The van der Waals surface area contributed by atoms with E-state index in [2.05, 4.69) is 0 Å². The van der Waals surface area contributed by atoms with Gasteiger partial charge in [0.2, 0.25) is 0 Å². The van der Waals surface area contributed by atoms with Gasteiger partial charge in [0.15, 0.2) is 11.6 Å². The maximum atomic E-state index is 14.3.